The van der Waals surface area contributed by atoms with Crippen molar-refractivity contribution in [2.75, 3.05) is 20.2 Å². The molecule has 2 unspecified atom stereocenters. The number of hydrogen-bond acceptors (Lipinski definition) is 5. The highest BCUT2D eigenvalue weighted by atomic mass is 32.2. The van der Waals surface area contributed by atoms with Gasteiger partial charge in [0.05, 0.1) is 17.6 Å². The summed E-state index contributed by atoms with van der Waals surface area (Å²) in [6, 6.07) is 6.04. The summed E-state index contributed by atoms with van der Waals surface area (Å²) in [5.41, 5.74) is 0.332. The van der Waals surface area contributed by atoms with Crippen molar-refractivity contribution in [3.63, 3.8) is 0 Å². The van der Waals surface area contributed by atoms with Crippen LogP contribution in [0.1, 0.15) is 24.2 Å². The molecule has 0 aliphatic carbocycles. The lowest BCUT2D eigenvalue weighted by Gasteiger charge is -2.35. The largest absolute Gasteiger partial charge is 0.465 e. The summed E-state index contributed by atoms with van der Waals surface area (Å²) in [6.45, 7) is 4.79. The van der Waals surface area contributed by atoms with Gasteiger partial charge in [-0.1, -0.05) is 0 Å². The van der Waals surface area contributed by atoms with E-state index in [4.69, 9.17) is 0 Å². The highest BCUT2D eigenvalue weighted by Gasteiger charge is 2.31. The van der Waals surface area contributed by atoms with Gasteiger partial charge in [-0.3, -0.25) is 0 Å². The second-order valence-electron chi connectivity index (χ2n) is 5.31. The Morgan fingerprint density at radius 2 is 1.71 bits per heavy atom. The molecule has 116 valence electrons. The van der Waals surface area contributed by atoms with Gasteiger partial charge in [-0.05, 0) is 38.1 Å². The first-order valence-electron chi connectivity index (χ1n) is 6.79. The van der Waals surface area contributed by atoms with Gasteiger partial charge in [0.15, 0.2) is 0 Å². The lowest BCUT2D eigenvalue weighted by atomic mass is 10.2. The van der Waals surface area contributed by atoms with E-state index in [1.807, 2.05) is 13.8 Å². The van der Waals surface area contributed by atoms with Crippen molar-refractivity contribution in [1.29, 1.82) is 0 Å². The molecular formula is C14H20N2O4S. The quantitative estimate of drug-likeness (QED) is 0.837. The van der Waals surface area contributed by atoms with Gasteiger partial charge in [-0.25, -0.2) is 13.2 Å². The van der Waals surface area contributed by atoms with E-state index in [9.17, 15) is 13.2 Å². The van der Waals surface area contributed by atoms with Gasteiger partial charge in [0.2, 0.25) is 10.0 Å². The van der Waals surface area contributed by atoms with Crippen molar-refractivity contribution >= 4 is 16.0 Å². The third-order valence-electron chi connectivity index (χ3n) is 3.44. The molecule has 1 fully saturated rings. The van der Waals surface area contributed by atoms with Crippen LogP contribution in [0.4, 0.5) is 0 Å². The van der Waals surface area contributed by atoms with Gasteiger partial charge in [-0.15, -0.1) is 0 Å². The number of esters is 1. The number of carbonyl (C=O) groups excluding carboxylic acids is 1. The maximum Gasteiger partial charge on any atom is 0.337 e. The minimum atomic E-state index is -3.54. The van der Waals surface area contributed by atoms with Crippen LogP contribution >= 0.6 is 0 Å². The fourth-order valence-electron chi connectivity index (χ4n) is 2.50. The van der Waals surface area contributed by atoms with Gasteiger partial charge in [0.1, 0.15) is 0 Å². The molecule has 2 atom stereocenters. The summed E-state index contributed by atoms with van der Waals surface area (Å²) < 4.78 is 31.3. The number of piperazine rings is 1. The maximum absolute atomic E-state index is 12.6. The zero-order valence-electron chi connectivity index (χ0n) is 12.4. The molecule has 0 aromatic heterocycles. The van der Waals surface area contributed by atoms with Crippen LogP contribution in [0.25, 0.3) is 0 Å². The average molecular weight is 312 g/mol. The van der Waals surface area contributed by atoms with E-state index in [0.29, 0.717) is 18.7 Å². The first-order valence-corrected chi connectivity index (χ1v) is 8.23. The average Bonchev–Trinajstić information content (AvgIpc) is 2.45. The van der Waals surface area contributed by atoms with Crippen LogP contribution in [0.3, 0.4) is 0 Å². The molecule has 21 heavy (non-hydrogen) atoms. The van der Waals surface area contributed by atoms with Gasteiger partial charge in [-0.2, -0.15) is 4.31 Å². The van der Waals surface area contributed by atoms with Crippen molar-refractivity contribution in [3.8, 4) is 0 Å². The Morgan fingerprint density at radius 1 is 1.19 bits per heavy atom. The lowest BCUT2D eigenvalue weighted by Crippen LogP contribution is -2.55. The van der Waals surface area contributed by atoms with Crippen LogP contribution in [-0.4, -0.2) is 51.0 Å². The second kappa shape index (κ2) is 6.13. The zero-order valence-corrected chi connectivity index (χ0v) is 13.2. The molecule has 0 bridgehead atoms. The van der Waals surface area contributed by atoms with Crippen molar-refractivity contribution in [2.45, 2.75) is 30.8 Å². The summed E-state index contributed by atoms with van der Waals surface area (Å²) in [6.07, 6.45) is 0. The van der Waals surface area contributed by atoms with Crippen LogP contribution in [-0.2, 0) is 14.8 Å². The van der Waals surface area contributed by atoms with E-state index < -0.39 is 16.0 Å². The standard InChI is InChI=1S/C14H20N2O4S/c1-10-8-16(9-11(2)15-10)21(18,19)13-6-4-12(5-7-13)14(17)20-3/h4-7,10-11,15H,8-9H2,1-3H3. The number of sulfonamides is 1. The molecular weight excluding hydrogens is 292 g/mol. The van der Waals surface area contributed by atoms with E-state index in [2.05, 4.69) is 10.1 Å². The van der Waals surface area contributed by atoms with Gasteiger partial charge >= 0.3 is 5.97 Å². The van der Waals surface area contributed by atoms with Crippen molar-refractivity contribution < 1.29 is 17.9 Å². The van der Waals surface area contributed by atoms with E-state index in [0.717, 1.165) is 0 Å². The number of benzene rings is 1. The third kappa shape index (κ3) is 3.42. The van der Waals surface area contributed by atoms with Crippen molar-refractivity contribution in [3.05, 3.63) is 29.8 Å². The molecule has 1 saturated heterocycles. The summed E-state index contributed by atoms with van der Waals surface area (Å²) in [5, 5.41) is 3.30. The van der Waals surface area contributed by atoms with Gasteiger partial charge < -0.3 is 10.1 Å². The Labute approximate surface area is 125 Å². The molecule has 1 aliphatic heterocycles. The molecule has 2 rings (SSSR count). The zero-order chi connectivity index (χ0) is 15.6. The third-order valence-corrected chi connectivity index (χ3v) is 5.28. The topological polar surface area (TPSA) is 75.7 Å². The molecule has 1 aromatic carbocycles. The molecule has 1 N–H and O–H groups in total. The van der Waals surface area contributed by atoms with Gasteiger partial charge in [0, 0.05) is 25.2 Å². The summed E-state index contributed by atoms with van der Waals surface area (Å²) in [4.78, 5) is 11.6. The second-order valence-corrected chi connectivity index (χ2v) is 7.24. The SMILES string of the molecule is COC(=O)c1ccc(S(=O)(=O)N2CC(C)NC(C)C2)cc1. The Morgan fingerprint density at radius 3 is 2.19 bits per heavy atom. The summed E-state index contributed by atoms with van der Waals surface area (Å²) in [5.74, 6) is -0.483. The number of nitrogens with one attached hydrogen (secondary N) is 1. The molecule has 1 aromatic rings. The fourth-order valence-corrected chi connectivity index (χ4v) is 4.12. The molecule has 1 aliphatic rings. The molecule has 7 heteroatoms. The smallest absolute Gasteiger partial charge is 0.337 e. The molecule has 1 heterocycles. The monoisotopic (exact) mass is 312 g/mol. The Hall–Kier alpha value is -1.44. The molecule has 6 nitrogen and oxygen atoms in total. The number of carbonyl (C=O) groups is 1. The first kappa shape index (κ1) is 15.9. The van der Waals surface area contributed by atoms with Crippen LogP contribution < -0.4 is 5.32 Å². The van der Waals surface area contributed by atoms with E-state index in [1.54, 1.807) is 0 Å². The predicted octanol–water partition coefficient (Wildman–Crippen LogP) is 0.844. The summed E-state index contributed by atoms with van der Waals surface area (Å²) >= 11 is 0. The van der Waals surface area contributed by atoms with Crippen LogP contribution in [0.15, 0.2) is 29.2 Å². The van der Waals surface area contributed by atoms with Crippen molar-refractivity contribution in [1.82, 2.24) is 9.62 Å². The Bertz CT molecular complexity index is 602. The highest BCUT2D eigenvalue weighted by molar-refractivity contribution is 7.89. The number of nitrogens with zero attached hydrogens (tertiary/aromatic N) is 1. The minimum absolute atomic E-state index is 0.109. The Balaban J connectivity index is 2.25. The fraction of sp³-hybridized carbons (Fsp3) is 0.500. The summed E-state index contributed by atoms with van der Waals surface area (Å²) in [7, 11) is -2.25. The molecule has 0 radical (unpaired) electrons. The minimum Gasteiger partial charge on any atom is -0.465 e. The van der Waals surface area contributed by atoms with Crippen LogP contribution in [0.5, 0.6) is 0 Å². The number of hydrogen-bond donors (Lipinski definition) is 1. The molecule has 0 saturated carbocycles. The van der Waals surface area contributed by atoms with Crippen molar-refractivity contribution in [2.24, 2.45) is 0 Å². The van der Waals surface area contributed by atoms with Gasteiger partial charge in [0.25, 0.3) is 0 Å². The predicted molar refractivity (Wildman–Crippen MR) is 78.6 cm³/mol. The number of rotatable bonds is 3. The Kier molecular flexibility index (Phi) is 4.65. The van der Waals surface area contributed by atoms with Crippen LogP contribution in [0, 0.1) is 0 Å². The van der Waals surface area contributed by atoms with E-state index in [1.165, 1.54) is 35.7 Å². The number of ether oxygens (including phenoxy) is 1. The lowest BCUT2D eigenvalue weighted by molar-refractivity contribution is 0.0600. The maximum atomic E-state index is 12.6. The normalized spacial score (nSPS) is 23.8. The highest BCUT2D eigenvalue weighted by Crippen LogP contribution is 2.19. The van der Waals surface area contributed by atoms with E-state index in [-0.39, 0.29) is 17.0 Å². The van der Waals surface area contributed by atoms with E-state index >= 15 is 0 Å². The first-order chi connectivity index (χ1) is 9.84. The molecule has 0 spiro atoms. The molecule has 0 amide bonds. The number of methoxy groups -OCH3 is 1. The van der Waals surface area contributed by atoms with Crippen LogP contribution in [0.2, 0.25) is 0 Å².